The zero-order valence-electron chi connectivity index (χ0n) is 9.76. The summed E-state index contributed by atoms with van der Waals surface area (Å²) in [5.74, 6) is 1.26. The number of hydrogen-bond acceptors (Lipinski definition) is 3. The molecular weight excluding hydrogens is 192 g/mol. The molecule has 4 nitrogen and oxygen atoms in total. The standard InChI is InChI=1S/C11H18N2O2/c1-5-7(2)12-11(14)6-10-8(3)13-9(4)15-10/h7H,5-6H2,1-4H3,(H,12,14). The summed E-state index contributed by atoms with van der Waals surface area (Å²) in [5, 5.41) is 2.89. The van der Waals surface area contributed by atoms with Crippen LogP contribution in [0.2, 0.25) is 0 Å². The van der Waals surface area contributed by atoms with Gasteiger partial charge in [-0.05, 0) is 20.3 Å². The van der Waals surface area contributed by atoms with E-state index in [9.17, 15) is 4.79 Å². The van der Waals surface area contributed by atoms with Crippen LogP contribution >= 0.6 is 0 Å². The third-order valence-electron chi connectivity index (χ3n) is 2.34. The molecule has 0 saturated heterocycles. The van der Waals surface area contributed by atoms with Crippen LogP contribution in [0.1, 0.15) is 37.6 Å². The highest BCUT2D eigenvalue weighted by molar-refractivity contribution is 5.78. The highest BCUT2D eigenvalue weighted by Gasteiger charge is 2.12. The van der Waals surface area contributed by atoms with Gasteiger partial charge in [0.2, 0.25) is 5.91 Å². The Morgan fingerprint density at radius 1 is 1.53 bits per heavy atom. The molecule has 0 fully saturated rings. The number of hydrogen-bond donors (Lipinski definition) is 1. The Kier molecular flexibility index (Phi) is 3.88. The molecule has 1 N–H and O–H groups in total. The van der Waals surface area contributed by atoms with Crippen LogP contribution in [0, 0.1) is 13.8 Å². The van der Waals surface area contributed by atoms with E-state index in [0.29, 0.717) is 11.7 Å². The summed E-state index contributed by atoms with van der Waals surface area (Å²) in [4.78, 5) is 15.7. The van der Waals surface area contributed by atoms with Gasteiger partial charge in [-0.1, -0.05) is 6.92 Å². The lowest BCUT2D eigenvalue weighted by atomic mass is 10.2. The minimum atomic E-state index is -0.0106. The van der Waals surface area contributed by atoms with Crippen LogP contribution < -0.4 is 5.32 Å². The van der Waals surface area contributed by atoms with Crippen molar-refractivity contribution in [3.8, 4) is 0 Å². The highest BCUT2D eigenvalue weighted by Crippen LogP contribution is 2.09. The number of aryl methyl sites for hydroxylation is 2. The van der Waals surface area contributed by atoms with Crippen molar-refractivity contribution in [2.45, 2.75) is 46.6 Å². The molecule has 1 rings (SSSR count). The summed E-state index contributed by atoms with van der Waals surface area (Å²) < 4.78 is 5.33. The second kappa shape index (κ2) is 4.96. The van der Waals surface area contributed by atoms with Crippen molar-refractivity contribution >= 4 is 5.91 Å². The van der Waals surface area contributed by atoms with Crippen molar-refractivity contribution in [3.05, 3.63) is 17.3 Å². The van der Waals surface area contributed by atoms with Gasteiger partial charge in [0.05, 0.1) is 12.1 Å². The summed E-state index contributed by atoms with van der Waals surface area (Å²) in [7, 11) is 0. The van der Waals surface area contributed by atoms with Gasteiger partial charge in [-0.15, -0.1) is 0 Å². The smallest absolute Gasteiger partial charge is 0.227 e. The van der Waals surface area contributed by atoms with Gasteiger partial charge in [0.1, 0.15) is 5.76 Å². The van der Waals surface area contributed by atoms with E-state index in [0.717, 1.165) is 12.1 Å². The topological polar surface area (TPSA) is 55.1 Å². The van der Waals surface area contributed by atoms with Crippen LogP contribution in [0.15, 0.2) is 4.42 Å². The lowest BCUT2D eigenvalue weighted by Gasteiger charge is -2.10. The van der Waals surface area contributed by atoms with Crippen molar-refractivity contribution in [1.29, 1.82) is 0 Å². The fourth-order valence-electron chi connectivity index (χ4n) is 1.31. The molecule has 1 atom stereocenters. The molecule has 1 unspecified atom stereocenters. The summed E-state index contributed by atoms with van der Waals surface area (Å²) in [6.45, 7) is 7.65. The van der Waals surface area contributed by atoms with Gasteiger partial charge < -0.3 is 9.73 Å². The lowest BCUT2D eigenvalue weighted by Crippen LogP contribution is -2.33. The Balaban J connectivity index is 2.55. The maximum Gasteiger partial charge on any atom is 0.227 e. The van der Waals surface area contributed by atoms with E-state index in [1.165, 1.54) is 0 Å². The zero-order valence-corrected chi connectivity index (χ0v) is 9.76. The quantitative estimate of drug-likeness (QED) is 0.823. The van der Waals surface area contributed by atoms with Gasteiger partial charge >= 0.3 is 0 Å². The SMILES string of the molecule is CCC(C)NC(=O)Cc1oc(C)nc1C. The number of nitrogens with one attached hydrogen (secondary N) is 1. The van der Waals surface area contributed by atoms with E-state index in [1.54, 1.807) is 6.92 Å². The molecular formula is C11H18N2O2. The number of rotatable bonds is 4. The van der Waals surface area contributed by atoms with Crippen molar-refractivity contribution in [2.24, 2.45) is 0 Å². The second-order valence-electron chi connectivity index (χ2n) is 3.80. The molecule has 0 aliphatic carbocycles. The van der Waals surface area contributed by atoms with Gasteiger partial charge in [0.25, 0.3) is 0 Å². The second-order valence-corrected chi connectivity index (χ2v) is 3.80. The van der Waals surface area contributed by atoms with Gasteiger partial charge in [0.15, 0.2) is 5.89 Å². The summed E-state index contributed by atoms with van der Waals surface area (Å²) >= 11 is 0. The predicted molar refractivity (Wildman–Crippen MR) is 57.6 cm³/mol. The van der Waals surface area contributed by atoms with Crippen molar-refractivity contribution < 1.29 is 9.21 Å². The number of carbonyl (C=O) groups excluding carboxylic acids is 1. The Bertz CT molecular complexity index is 344. The Morgan fingerprint density at radius 2 is 2.20 bits per heavy atom. The largest absolute Gasteiger partial charge is 0.445 e. The maximum absolute atomic E-state index is 11.5. The maximum atomic E-state index is 11.5. The zero-order chi connectivity index (χ0) is 11.4. The van der Waals surface area contributed by atoms with Crippen LogP contribution in [0.4, 0.5) is 0 Å². The van der Waals surface area contributed by atoms with E-state index < -0.39 is 0 Å². The first-order chi connectivity index (χ1) is 7.02. The minimum Gasteiger partial charge on any atom is -0.445 e. The highest BCUT2D eigenvalue weighted by atomic mass is 16.4. The minimum absolute atomic E-state index is 0.0106. The monoisotopic (exact) mass is 210 g/mol. The first kappa shape index (κ1) is 11.8. The summed E-state index contributed by atoms with van der Waals surface area (Å²) in [5.41, 5.74) is 0.798. The molecule has 0 aromatic carbocycles. The summed E-state index contributed by atoms with van der Waals surface area (Å²) in [6, 6.07) is 0.210. The average molecular weight is 210 g/mol. The molecule has 0 saturated carbocycles. The molecule has 0 aliphatic heterocycles. The molecule has 84 valence electrons. The van der Waals surface area contributed by atoms with E-state index in [2.05, 4.69) is 10.3 Å². The van der Waals surface area contributed by atoms with E-state index >= 15 is 0 Å². The van der Waals surface area contributed by atoms with E-state index in [-0.39, 0.29) is 18.4 Å². The lowest BCUT2D eigenvalue weighted by molar-refractivity contribution is -0.121. The Hall–Kier alpha value is -1.32. The van der Waals surface area contributed by atoms with Crippen LogP contribution in [0.25, 0.3) is 0 Å². The molecule has 0 aliphatic rings. The average Bonchev–Trinajstić information content (AvgIpc) is 2.44. The molecule has 4 heteroatoms. The molecule has 1 amide bonds. The van der Waals surface area contributed by atoms with Crippen LogP contribution in [0.3, 0.4) is 0 Å². The first-order valence-corrected chi connectivity index (χ1v) is 5.25. The molecule has 1 heterocycles. The molecule has 1 aromatic heterocycles. The number of carbonyl (C=O) groups is 1. The van der Waals surface area contributed by atoms with Crippen LogP contribution in [0.5, 0.6) is 0 Å². The predicted octanol–water partition coefficient (Wildman–Crippen LogP) is 1.75. The first-order valence-electron chi connectivity index (χ1n) is 5.25. The molecule has 0 radical (unpaired) electrons. The third kappa shape index (κ3) is 3.38. The van der Waals surface area contributed by atoms with Gasteiger partial charge in [-0.25, -0.2) is 4.98 Å². The number of aromatic nitrogens is 1. The third-order valence-corrected chi connectivity index (χ3v) is 2.34. The van der Waals surface area contributed by atoms with Crippen molar-refractivity contribution in [3.63, 3.8) is 0 Å². The fraction of sp³-hybridized carbons (Fsp3) is 0.636. The van der Waals surface area contributed by atoms with Gasteiger partial charge in [0, 0.05) is 13.0 Å². The molecule has 15 heavy (non-hydrogen) atoms. The van der Waals surface area contributed by atoms with E-state index in [4.69, 9.17) is 4.42 Å². The fourth-order valence-corrected chi connectivity index (χ4v) is 1.31. The van der Waals surface area contributed by atoms with Crippen molar-refractivity contribution in [2.75, 3.05) is 0 Å². The Morgan fingerprint density at radius 3 is 2.67 bits per heavy atom. The van der Waals surface area contributed by atoms with Crippen LogP contribution in [-0.2, 0) is 11.2 Å². The number of oxazole rings is 1. The van der Waals surface area contributed by atoms with Crippen molar-refractivity contribution in [1.82, 2.24) is 10.3 Å². The molecule has 1 aromatic rings. The number of amides is 1. The number of nitrogens with zero attached hydrogens (tertiary/aromatic N) is 1. The van der Waals surface area contributed by atoms with Gasteiger partial charge in [-0.3, -0.25) is 4.79 Å². The molecule has 0 spiro atoms. The van der Waals surface area contributed by atoms with E-state index in [1.807, 2.05) is 20.8 Å². The van der Waals surface area contributed by atoms with Gasteiger partial charge in [-0.2, -0.15) is 0 Å². The Labute approximate surface area is 90.1 Å². The van der Waals surface area contributed by atoms with Crippen LogP contribution in [-0.4, -0.2) is 16.9 Å². The summed E-state index contributed by atoms with van der Waals surface area (Å²) in [6.07, 6.45) is 1.21. The molecule has 0 bridgehead atoms. The normalized spacial score (nSPS) is 12.5.